The van der Waals surface area contributed by atoms with Crippen LogP contribution in [0.1, 0.15) is 24.1 Å². The topological polar surface area (TPSA) is 65.5 Å². The Hall–Kier alpha value is -1.95. The van der Waals surface area contributed by atoms with Crippen LogP contribution in [-0.2, 0) is 11.3 Å². The zero-order valence-corrected chi connectivity index (χ0v) is 14.4. The number of pyridine rings is 1. The zero-order chi connectivity index (χ0) is 17.4. The number of aliphatic hydroxyl groups excluding tert-OH is 1. The van der Waals surface area contributed by atoms with E-state index in [0.717, 1.165) is 11.1 Å². The smallest absolute Gasteiger partial charge is 0.234 e. The van der Waals surface area contributed by atoms with Gasteiger partial charge in [-0.05, 0) is 30.2 Å². The van der Waals surface area contributed by atoms with E-state index in [1.807, 2.05) is 42.2 Å². The molecule has 2 aromatic rings. The highest BCUT2D eigenvalue weighted by Gasteiger charge is 2.15. The number of nitrogens with zero attached hydrogens (tertiary/aromatic N) is 2. The molecular formula is C18H22ClN3O2. The first-order valence-electron chi connectivity index (χ1n) is 7.86. The Bertz CT molecular complexity index is 652. The van der Waals surface area contributed by atoms with Gasteiger partial charge in [0, 0.05) is 30.5 Å². The van der Waals surface area contributed by atoms with E-state index >= 15 is 0 Å². The van der Waals surface area contributed by atoms with Gasteiger partial charge in [0.2, 0.25) is 5.91 Å². The lowest BCUT2D eigenvalue weighted by Crippen LogP contribution is -2.39. The van der Waals surface area contributed by atoms with Crippen molar-refractivity contribution in [3.8, 4) is 0 Å². The van der Waals surface area contributed by atoms with E-state index < -0.39 is 0 Å². The maximum atomic E-state index is 12.3. The quantitative estimate of drug-likeness (QED) is 0.769. The lowest BCUT2D eigenvalue weighted by Gasteiger charge is -2.22. The number of halogens is 1. The lowest BCUT2D eigenvalue weighted by molar-refractivity contribution is -0.123. The van der Waals surface area contributed by atoms with Crippen LogP contribution in [0.4, 0.5) is 0 Å². The monoisotopic (exact) mass is 347 g/mol. The number of hydrogen-bond donors (Lipinski definition) is 2. The third-order valence-electron chi connectivity index (χ3n) is 3.66. The first-order valence-corrected chi connectivity index (χ1v) is 8.24. The third kappa shape index (κ3) is 5.60. The van der Waals surface area contributed by atoms with Crippen LogP contribution >= 0.6 is 11.6 Å². The second-order valence-electron chi connectivity index (χ2n) is 5.61. The van der Waals surface area contributed by atoms with Gasteiger partial charge >= 0.3 is 0 Å². The molecule has 0 aliphatic heterocycles. The summed E-state index contributed by atoms with van der Waals surface area (Å²) in [6.45, 7) is 3.07. The van der Waals surface area contributed by atoms with Crippen LogP contribution in [0, 0.1) is 0 Å². The van der Waals surface area contributed by atoms with Crippen molar-refractivity contribution < 1.29 is 9.90 Å². The number of benzene rings is 1. The normalized spacial score (nSPS) is 12.2. The Morgan fingerprint density at radius 1 is 1.33 bits per heavy atom. The van der Waals surface area contributed by atoms with Gasteiger partial charge in [-0.15, -0.1) is 0 Å². The molecule has 0 radical (unpaired) electrons. The Labute approximate surface area is 147 Å². The largest absolute Gasteiger partial charge is 0.395 e. The van der Waals surface area contributed by atoms with E-state index in [9.17, 15) is 9.90 Å². The van der Waals surface area contributed by atoms with Crippen LogP contribution in [0.25, 0.3) is 0 Å². The van der Waals surface area contributed by atoms with Gasteiger partial charge < -0.3 is 10.4 Å². The summed E-state index contributed by atoms with van der Waals surface area (Å²) in [6.07, 6.45) is 3.46. The minimum Gasteiger partial charge on any atom is -0.395 e. The summed E-state index contributed by atoms with van der Waals surface area (Å²) in [7, 11) is 0. The minimum absolute atomic E-state index is 0.00634. The average molecular weight is 348 g/mol. The van der Waals surface area contributed by atoms with Crippen molar-refractivity contribution in [1.29, 1.82) is 0 Å². The first-order chi connectivity index (χ1) is 11.6. The summed E-state index contributed by atoms with van der Waals surface area (Å²) in [6, 6.07) is 11.1. The van der Waals surface area contributed by atoms with Crippen molar-refractivity contribution in [3.63, 3.8) is 0 Å². The van der Waals surface area contributed by atoms with Crippen molar-refractivity contribution in [3.05, 3.63) is 64.9 Å². The molecule has 1 atom stereocenters. The fourth-order valence-electron chi connectivity index (χ4n) is 2.50. The molecule has 2 N–H and O–H groups in total. The molecule has 0 fully saturated rings. The average Bonchev–Trinajstić information content (AvgIpc) is 2.56. The third-order valence-corrected chi connectivity index (χ3v) is 4.01. The minimum atomic E-state index is -0.180. The van der Waals surface area contributed by atoms with Crippen LogP contribution in [-0.4, -0.2) is 40.6 Å². The molecule has 0 saturated carbocycles. The van der Waals surface area contributed by atoms with E-state index in [1.165, 1.54) is 0 Å². The molecule has 2 rings (SSSR count). The molecule has 1 aromatic heterocycles. The van der Waals surface area contributed by atoms with Gasteiger partial charge in [0.15, 0.2) is 0 Å². The van der Waals surface area contributed by atoms with Crippen LogP contribution < -0.4 is 5.32 Å². The molecule has 0 aliphatic rings. The summed E-state index contributed by atoms with van der Waals surface area (Å²) in [4.78, 5) is 18.3. The maximum absolute atomic E-state index is 12.3. The molecule has 1 unspecified atom stereocenters. The molecule has 1 aromatic carbocycles. The summed E-state index contributed by atoms with van der Waals surface area (Å²) < 4.78 is 0. The number of carbonyl (C=O) groups is 1. The van der Waals surface area contributed by atoms with Gasteiger partial charge in [-0.3, -0.25) is 14.7 Å². The van der Waals surface area contributed by atoms with Crippen LogP contribution in [0.15, 0.2) is 48.8 Å². The van der Waals surface area contributed by atoms with Crippen LogP contribution in [0.3, 0.4) is 0 Å². The van der Waals surface area contributed by atoms with Gasteiger partial charge in [-0.1, -0.05) is 35.9 Å². The number of carbonyl (C=O) groups excluding carboxylic acids is 1. The van der Waals surface area contributed by atoms with Crippen molar-refractivity contribution >= 4 is 17.5 Å². The van der Waals surface area contributed by atoms with Crippen molar-refractivity contribution in [1.82, 2.24) is 15.2 Å². The number of aliphatic hydroxyl groups is 1. The van der Waals surface area contributed by atoms with Crippen LogP contribution in [0.2, 0.25) is 5.02 Å². The summed E-state index contributed by atoms with van der Waals surface area (Å²) in [5.74, 6) is -0.111. The molecule has 1 amide bonds. The van der Waals surface area contributed by atoms with Crippen LogP contribution in [0.5, 0.6) is 0 Å². The number of amides is 1. The Balaban J connectivity index is 1.94. The molecule has 1 heterocycles. The molecule has 6 heteroatoms. The number of hydrogen-bond acceptors (Lipinski definition) is 4. The fraction of sp³-hybridized carbons (Fsp3) is 0.333. The van der Waals surface area contributed by atoms with Crippen molar-refractivity contribution in [2.75, 3.05) is 19.7 Å². The second kappa shape index (κ2) is 9.37. The van der Waals surface area contributed by atoms with E-state index in [-0.39, 0.29) is 25.1 Å². The van der Waals surface area contributed by atoms with E-state index in [1.54, 1.807) is 18.5 Å². The van der Waals surface area contributed by atoms with Gasteiger partial charge in [0.25, 0.3) is 0 Å². The predicted molar refractivity (Wildman–Crippen MR) is 94.6 cm³/mol. The summed E-state index contributed by atoms with van der Waals surface area (Å²) in [5.41, 5.74) is 1.88. The predicted octanol–water partition coefficient (Wildman–Crippen LogP) is 2.41. The molecule has 0 spiro atoms. The lowest BCUT2D eigenvalue weighted by atomic mass is 10.1. The van der Waals surface area contributed by atoms with E-state index in [0.29, 0.717) is 18.1 Å². The Morgan fingerprint density at radius 2 is 2.12 bits per heavy atom. The molecule has 5 nitrogen and oxygen atoms in total. The summed E-state index contributed by atoms with van der Waals surface area (Å²) in [5, 5.41) is 12.8. The molecule has 128 valence electrons. The van der Waals surface area contributed by atoms with Crippen molar-refractivity contribution in [2.45, 2.75) is 19.5 Å². The second-order valence-corrected chi connectivity index (χ2v) is 6.01. The fourth-order valence-corrected chi connectivity index (χ4v) is 2.80. The Kier molecular flexibility index (Phi) is 7.18. The van der Waals surface area contributed by atoms with Gasteiger partial charge in [-0.2, -0.15) is 0 Å². The molecule has 0 saturated heterocycles. The maximum Gasteiger partial charge on any atom is 0.234 e. The van der Waals surface area contributed by atoms with Gasteiger partial charge in [0.05, 0.1) is 19.2 Å². The highest BCUT2D eigenvalue weighted by atomic mass is 35.5. The Morgan fingerprint density at radius 3 is 2.79 bits per heavy atom. The SMILES string of the molecule is CC(NC(=O)CN(CCO)Cc1cccnc1)c1ccccc1Cl. The molecule has 0 aliphatic carbocycles. The highest BCUT2D eigenvalue weighted by molar-refractivity contribution is 6.31. The van der Waals surface area contributed by atoms with E-state index in [2.05, 4.69) is 10.3 Å². The summed E-state index contributed by atoms with van der Waals surface area (Å²) >= 11 is 6.16. The van der Waals surface area contributed by atoms with Crippen molar-refractivity contribution in [2.24, 2.45) is 0 Å². The van der Waals surface area contributed by atoms with Gasteiger partial charge in [0.1, 0.15) is 0 Å². The van der Waals surface area contributed by atoms with E-state index in [4.69, 9.17) is 11.6 Å². The zero-order valence-electron chi connectivity index (χ0n) is 13.7. The molecule has 24 heavy (non-hydrogen) atoms. The number of aromatic nitrogens is 1. The standard InChI is InChI=1S/C18H22ClN3O2/c1-14(16-6-2-3-7-17(16)19)21-18(24)13-22(9-10-23)12-15-5-4-8-20-11-15/h2-8,11,14,23H,9-10,12-13H2,1H3,(H,21,24). The van der Waals surface area contributed by atoms with Gasteiger partial charge in [-0.25, -0.2) is 0 Å². The molecular weight excluding hydrogens is 326 g/mol. The molecule has 0 bridgehead atoms. The first kappa shape index (κ1) is 18.4. The number of nitrogens with one attached hydrogen (secondary N) is 1. The number of rotatable bonds is 8. The highest BCUT2D eigenvalue weighted by Crippen LogP contribution is 2.21.